The maximum Gasteiger partial charge on any atom is 0.118 e. The minimum Gasteiger partial charge on any atom is -0.497 e. The molecule has 0 heterocycles. The smallest absolute Gasteiger partial charge is 0.118 e. The summed E-state index contributed by atoms with van der Waals surface area (Å²) in [4.78, 5) is 0. The molecule has 96 valence electrons. The summed E-state index contributed by atoms with van der Waals surface area (Å²) in [6.07, 6.45) is 6.23. The Labute approximate surface area is 105 Å². The minimum absolute atomic E-state index is 0.620. The Balaban J connectivity index is 2.43. The first kappa shape index (κ1) is 14.0. The largest absolute Gasteiger partial charge is 0.497 e. The van der Waals surface area contributed by atoms with E-state index in [0.717, 1.165) is 18.7 Å². The van der Waals surface area contributed by atoms with Crippen molar-refractivity contribution in [3.05, 3.63) is 29.8 Å². The first-order valence-corrected chi connectivity index (χ1v) is 6.63. The fraction of sp³-hybridized carbons (Fsp3) is 0.600. The lowest BCUT2D eigenvalue weighted by Gasteiger charge is -2.14. The van der Waals surface area contributed by atoms with E-state index in [1.54, 1.807) is 7.11 Å². The minimum atomic E-state index is 0.620. The summed E-state index contributed by atoms with van der Waals surface area (Å²) >= 11 is 0. The Kier molecular flexibility index (Phi) is 6.71. The Morgan fingerprint density at radius 1 is 1.18 bits per heavy atom. The van der Waals surface area contributed by atoms with Crippen LogP contribution in [-0.4, -0.2) is 13.7 Å². The molecule has 17 heavy (non-hydrogen) atoms. The molecular formula is C15H25NO. The summed E-state index contributed by atoms with van der Waals surface area (Å²) < 4.78 is 5.16. The summed E-state index contributed by atoms with van der Waals surface area (Å²) in [6.45, 7) is 3.02. The number of unbranched alkanes of at least 4 members (excludes halogenated alkanes) is 2. The summed E-state index contributed by atoms with van der Waals surface area (Å²) in [5.74, 6) is 1.54. The molecule has 0 aromatic heterocycles. The molecule has 0 saturated carbocycles. The van der Waals surface area contributed by atoms with E-state index in [1.807, 2.05) is 12.1 Å². The lowest BCUT2D eigenvalue weighted by Crippen LogP contribution is -2.16. The van der Waals surface area contributed by atoms with Crippen molar-refractivity contribution in [2.45, 2.75) is 39.0 Å². The monoisotopic (exact) mass is 235 g/mol. The third-order valence-corrected chi connectivity index (χ3v) is 3.23. The van der Waals surface area contributed by atoms with E-state index in [1.165, 1.54) is 31.2 Å². The zero-order valence-corrected chi connectivity index (χ0v) is 11.1. The highest BCUT2D eigenvalue weighted by Gasteiger charge is 2.07. The number of nitrogens with two attached hydrogens (primary N) is 1. The van der Waals surface area contributed by atoms with Crippen LogP contribution in [0.3, 0.4) is 0 Å². The lowest BCUT2D eigenvalue weighted by molar-refractivity contribution is 0.414. The van der Waals surface area contributed by atoms with E-state index in [9.17, 15) is 0 Å². The Morgan fingerprint density at radius 3 is 2.41 bits per heavy atom. The van der Waals surface area contributed by atoms with Crippen molar-refractivity contribution < 1.29 is 4.74 Å². The molecule has 0 spiro atoms. The second-order valence-electron chi connectivity index (χ2n) is 4.65. The lowest BCUT2D eigenvalue weighted by atomic mass is 9.94. The van der Waals surface area contributed by atoms with Crippen molar-refractivity contribution in [2.75, 3.05) is 13.7 Å². The van der Waals surface area contributed by atoms with Crippen molar-refractivity contribution in [2.24, 2.45) is 11.7 Å². The molecule has 1 aromatic carbocycles. The summed E-state index contributed by atoms with van der Waals surface area (Å²) in [5.41, 5.74) is 7.19. The fourth-order valence-corrected chi connectivity index (χ4v) is 2.08. The Morgan fingerprint density at radius 2 is 1.88 bits per heavy atom. The van der Waals surface area contributed by atoms with Crippen LogP contribution in [0.2, 0.25) is 0 Å². The number of methoxy groups -OCH3 is 1. The normalized spacial score (nSPS) is 12.4. The number of benzene rings is 1. The van der Waals surface area contributed by atoms with Crippen molar-refractivity contribution in [1.29, 1.82) is 0 Å². The van der Waals surface area contributed by atoms with E-state index in [4.69, 9.17) is 10.5 Å². The van der Waals surface area contributed by atoms with Crippen LogP contribution >= 0.6 is 0 Å². The van der Waals surface area contributed by atoms with Crippen LogP contribution < -0.4 is 10.5 Å². The van der Waals surface area contributed by atoms with Gasteiger partial charge in [-0.1, -0.05) is 38.3 Å². The van der Waals surface area contributed by atoms with Gasteiger partial charge in [0.05, 0.1) is 7.11 Å². The molecule has 0 bridgehead atoms. The zero-order chi connectivity index (χ0) is 12.5. The highest BCUT2D eigenvalue weighted by Crippen LogP contribution is 2.17. The van der Waals surface area contributed by atoms with Gasteiger partial charge in [0.25, 0.3) is 0 Å². The van der Waals surface area contributed by atoms with Crippen LogP contribution in [0, 0.1) is 5.92 Å². The predicted molar refractivity (Wildman–Crippen MR) is 73.4 cm³/mol. The van der Waals surface area contributed by atoms with Crippen LogP contribution in [0.1, 0.15) is 38.2 Å². The van der Waals surface area contributed by atoms with Crippen molar-refractivity contribution >= 4 is 0 Å². The van der Waals surface area contributed by atoms with Gasteiger partial charge in [0, 0.05) is 0 Å². The number of hydrogen-bond donors (Lipinski definition) is 1. The fourth-order valence-electron chi connectivity index (χ4n) is 2.08. The van der Waals surface area contributed by atoms with Gasteiger partial charge in [0.15, 0.2) is 0 Å². The van der Waals surface area contributed by atoms with E-state index >= 15 is 0 Å². The van der Waals surface area contributed by atoms with Gasteiger partial charge in [-0.25, -0.2) is 0 Å². The van der Waals surface area contributed by atoms with Gasteiger partial charge in [-0.3, -0.25) is 0 Å². The van der Waals surface area contributed by atoms with E-state index in [2.05, 4.69) is 19.1 Å². The van der Waals surface area contributed by atoms with Gasteiger partial charge in [-0.2, -0.15) is 0 Å². The Bertz CT molecular complexity index is 294. The van der Waals surface area contributed by atoms with Gasteiger partial charge >= 0.3 is 0 Å². The maximum absolute atomic E-state index is 5.83. The standard InChI is InChI=1S/C15H25NO/c1-3-4-5-6-14(12-16)11-13-7-9-15(17-2)10-8-13/h7-10,14H,3-6,11-12,16H2,1-2H3. The molecule has 0 saturated heterocycles. The van der Waals surface area contributed by atoms with Crippen molar-refractivity contribution in [1.82, 2.24) is 0 Å². The summed E-state index contributed by atoms with van der Waals surface area (Å²) in [5, 5.41) is 0. The molecule has 1 unspecified atom stereocenters. The quantitative estimate of drug-likeness (QED) is 0.701. The third-order valence-electron chi connectivity index (χ3n) is 3.23. The molecule has 2 N–H and O–H groups in total. The number of hydrogen-bond acceptors (Lipinski definition) is 2. The zero-order valence-electron chi connectivity index (χ0n) is 11.1. The maximum atomic E-state index is 5.83. The second kappa shape index (κ2) is 8.13. The molecule has 0 fully saturated rings. The van der Waals surface area contributed by atoms with Gasteiger partial charge in [-0.05, 0) is 43.0 Å². The molecule has 2 nitrogen and oxygen atoms in total. The number of rotatable bonds is 8. The molecular weight excluding hydrogens is 210 g/mol. The van der Waals surface area contributed by atoms with Gasteiger partial charge in [0.2, 0.25) is 0 Å². The summed E-state index contributed by atoms with van der Waals surface area (Å²) in [7, 11) is 1.70. The Hall–Kier alpha value is -1.02. The molecule has 1 rings (SSSR count). The van der Waals surface area contributed by atoms with Crippen LogP contribution in [0.15, 0.2) is 24.3 Å². The molecule has 0 aliphatic carbocycles. The van der Waals surface area contributed by atoms with Gasteiger partial charge < -0.3 is 10.5 Å². The summed E-state index contributed by atoms with van der Waals surface area (Å²) in [6, 6.07) is 8.33. The molecule has 2 heteroatoms. The average molecular weight is 235 g/mol. The highest BCUT2D eigenvalue weighted by atomic mass is 16.5. The van der Waals surface area contributed by atoms with Crippen LogP contribution in [-0.2, 0) is 6.42 Å². The topological polar surface area (TPSA) is 35.2 Å². The van der Waals surface area contributed by atoms with Gasteiger partial charge in [0.1, 0.15) is 5.75 Å². The molecule has 0 radical (unpaired) electrons. The molecule has 0 amide bonds. The first-order valence-electron chi connectivity index (χ1n) is 6.63. The molecule has 1 atom stereocenters. The predicted octanol–water partition coefficient (Wildman–Crippen LogP) is 3.39. The van der Waals surface area contributed by atoms with Crippen LogP contribution in [0.5, 0.6) is 5.75 Å². The highest BCUT2D eigenvalue weighted by molar-refractivity contribution is 5.27. The van der Waals surface area contributed by atoms with E-state index in [-0.39, 0.29) is 0 Å². The van der Waals surface area contributed by atoms with E-state index < -0.39 is 0 Å². The molecule has 1 aromatic rings. The van der Waals surface area contributed by atoms with Crippen LogP contribution in [0.25, 0.3) is 0 Å². The SMILES string of the molecule is CCCCCC(CN)Cc1ccc(OC)cc1. The molecule has 0 aliphatic heterocycles. The van der Waals surface area contributed by atoms with Crippen molar-refractivity contribution in [3.8, 4) is 5.75 Å². The first-order chi connectivity index (χ1) is 8.30. The second-order valence-corrected chi connectivity index (χ2v) is 4.65. The van der Waals surface area contributed by atoms with Crippen LogP contribution in [0.4, 0.5) is 0 Å². The average Bonchev–Trinajstić information content (AvgIpc) is 2.38. The number of ether oxygens (including phenoxy) is 1. The van der Waals surface area contributed by atoms with E-state index in [0.29, 0.717) is 5.92 Å². The molecule has 0 aliphatic rings. The van der Waals surface area contributed by atoms with Gasteiger partial charge in [-0.15, -0.1) is 0 Å². The van der Waals surface area contributed by atoms with Crippen molar-refractivity contribution in [3.63, 3.8) is 0 Å². The third kappa shape index (κ3) is 5.22.